The monoisotopic (exact) mass is 281 g/mol. The first kappa shape index (κ1) is 15.1. The van der Waals surface area contributed by atoms with Gasteiger partial charge in [0.05, 0.1) is 5.54 Å². The lowest BCUT2D eigenvalue weighted by atomic mass is 9.91. The molecule has 1 aromatic rings. The highest BCUT2D eigenvalue weighted by Gasteiger charge is 2.35. The van der Waals surface area contributed by atoms with Gasteiger partial charge in [0.1, 0.15) is 11.6 Å². The van der Waals surface area contributed by atoms with Crippen LogP contribution in [0.1, 0.15) is 49.9 Å². The fourth-order valence-electron chi connectivity index (χ4n) is 2.81. The molecular weight excluding hydrogens is 260 g/mol. The quantitative estimate of drug-likeness (QED) is 0.785. The topological polar surface area (TPSA) is 20.3 Å². The minimum Gasteiger partial charge on any atom is -0.292 e. The Bertz CT molecular complexity index is 471. The lowest BCUT2D eigenvalue weighted by Gasteiger charge is -2.36. The molecule has 0 aromatic heterocycles. The fraction of sp³-hybridized carbons (Fsp3) is 0.562. The van der Waals surface area contributed by atoms with Crippen LogP contribution in [-0.4, -0.2) is 29.3 Å². The third kappa shape index (κ3) is 3.23. The van der Waals surface area contributed by atoms with Gasteiger partial charge in [-0.3, -0.25) is 9.69 Å². The summed E-state index contributed by atoms with van der Waals surface area (Å²) in [5.74, 6) is -1.64. The molecule has 0 N–H and O–H groups in total. The Morgan fingerprint density at radius 2 is 1.50 bits per heavy atom. The van der Waals surface area contributed by atoms with E-state index in [1.807, 2.05) is 13.8 Å². The van der Waals surface area contributed by atoms with Crippen molar-refractivity contribution in [1.29, 1.82) is 0 Å². The molecule has 0 radical (unpaired) electrons. The number of Topliss-reactive ketones (excluding diaryl/α,β-unsaturated/α-hetero) is 1. The van der Waals surface area contributed by atoms with E-state index in [9.17, 15) is 13.6 Å². The molecule has 0 spiro atoms. The van der Waals surface area contributed by atoms with Crippen LogP contribution in [-0.2, 0) is 0 Å². The molecule has 1 aliphatic rings. The number of rotatable bonds is 3. The molecule has 2 nitrogen and oxygen atoms in total. The number of likely N-dealkylation sites (tertiary alicyclic amines) is 1. The average molecular weight is 281 g/mol. The second-order valence-corrected chi connectivity index (χ2v) is 5.95. The average Bonchev–Trinajstić information content (AvgIpc) is 2.65. The maximum absolute atomic E-state index is 13.3. The Hall–Kier alpha value is -1.29. The summed E-state index contributed by atoms with van der Waals surface area (Å²) in [7, 11) is 0. The van der Waals surface area contributed by atoms with E-state index < -0.39 is 17.2 Å². The normalized spacial score (nSPS) is 17.8. The van der Waals surface area contributed by atoms with Gasteiger partial charge in [-0.15, -0.1) is 0 Å². The van der Waals surface area contributed by atoms with Gasteiger partial charge in [-0.25, -0.2) is 8.78 Å². The number of hydrogen-bond acceptors (Lipinski definition) is 2. The maximum Gasteiger partial charge on any atom is 0.182 e. The molecule has 110 valence electrons. The first-order valence-corrected chi connectivity index (χ1v) is 7.17. The number of carbonyl (C=O) groups is 1. The Morgan fingerprint density at radius 3 is 2.00 bits per heavy atom. The van der Waals surface area contributed by atoms with Gasteiger partial charge in [0, 0.05) is 11.6 Å². The summed E-state index contributed by atoms with van der Waals surface area (Å²) < 4.78 is 26.6. The number of carbonyl (C=O) groups excluding carboxylic acids is 1. The number of hydrogen-bond donors (Lipinski definition) is 0. The summed E-state index contributed by atoms with van der Waals surface area (Å²) in [5, 5.41) is 0. The lowest BCUT2D eigenvalue weighted by Crippen LogP contribution is -2.50. The Labute approximate surface area is 118 Å². The van der Waals surface area contributed by atoms with Crippen LogP contribution in [0.25, 0.3) is 0 Å². The molecule has 0 atom stereocenters. The van der Waals surface area contributed by atoms with E-state index in [4.69, 9.17) is 0 Å². The van der Waals surface area contributed by atoms with Gasteiger partial charge in [-0.2, -0.15) is 0 Å². The second-order valence-electron chi connectivity index (χ2n) is 5.95. The smallest absolute Gasteiger partial charge is 0.182 e. The zero-order valence-electron chi connectivity index (χ0n) is 12.1. The first-order chi connectivity index (χ1) is 9.41. The van der Waals surface area contributed by atoms with Crippen molar-refractivity contribution in [3.8, 4) is 0 Å². The van der Waals surface area contributed by atoms with Crippen molar-refractivity contribution in [3.63, 3.8) is 0 Å². The summed E-state index contributed by atoms with van der Waals surface area (Å²) in [6.45, 7) is 5.39. The van der Waals surface area contributed by atoms with Gasteiger partial charge >= 0.3 is 0 Å². The molecule has 20 heavy (non-hydrogen) atoms. The van der Waals surface area contributed by atoms with Crippen molar-refractivity contribution in [2.45, 2.75) is 45.1 Å². The Morgan fingerprint density at radius 1 is 1.00 bits per heavy atom. The highest BCUT2D eigenvalue weighted by atomic mass is 19.1. The van der Waals surface area contributed by atoms with Gasteiger partial charge in [-0.05, 0) is 51.9 Å². The predicted octanol–water partition coefficient (Wildman–Crippen LogP) is 3.80. The number of nitrogens with zero attached hydrogens (tertiary/aromatic N) is 1. The van der Waals surface area contributed by atoms with Crippen LogP contribution in [0.4, 0.5) is 8.78 Å². The second kappa shape index (κ2) is 6.00. The van der Waals surface area contributed by atoms with Crippen molar-refractivity contribution < 1.29 is 13.6 Å². The van der Waals surface area contributed by atoms with Crippen LogP contribution in [0.5, 0.6) is 0 Å². The van der Waals surface area contributed by atoms with E-state index in [-0.39, 0.29) is 11.3 Å². The Kier molecular flexibility index (Phi) is 4.53. The maximum atomic E-state index is 13.3. The van der Waals surface area contributed by atoms with Crippen molar-refractivity contribution in [3.05, 3.63) is 35.4 Å². The van der Waals surface area contributed by atoms with Gasteiger partial charge in [0.2, 0.25) is 0 Å². The third-order valence-electron chi connectivity index (χ3n) is 4.08. The van der Waals surface area contributed by atoms with E-state index in [0.717, 1.165) is 44.1 Å². The van der Waals surface area contributed by atoms with Gasteiger partial charge in [-0.1, -0.05) is 12.8 Å². The molecule has 4 heteroatoms. The number of halogens is 2. The molecule has 2 rings (SSSR count). The van der Waals surface area contributed by atoms with Gasteiger partial charge in [0.15, 0.2) is 5.78 Å². The molecule has 1 fully saturated rings. The first-order valence-electron chi connectivity index (χ1n) is 7.17. The zero-order valence-corrected chi connectivity index (χ0v) is 12.1. The summed E-state index contributed by atoms with van der Waals surface area (Å²) in [6, 6.07) is 3.02. The van der Waals surface area contributed by atoms with Crippen molar-refractivity contribution >= 4 is 5.78 Å². The van der Waals surface area contributed by atoms with E-state index in [1.165, 1.54) is 12.8 Å². The van der Waals surface area contributed by atoms with Crippen molar-refractivity contribution in [2.75, 3.05) is 13.1 Å². The molecule has 0 bridgehead atoms. The van der Waals surface area contributed by atoms with Crippen molar-refractivity contribution in [2.24, 2.45) is 0 Å². The van der Waals surface area contributed by atoms with Crippen LogP contribution in [0.2, 0.25) is 0 Å². The number of ketones is 1. The standard InChI is InChI=1S/C16H21F2NO/c1-16(2,19-7-5-3-4-6-8-19)15(20)12-9-13(17)11-14(18)10-12/h9-11H,3-8H2,1-2H3. The largest absolute Gasteiger partial charge is 0.292 e. The van der Waals surface area contributed by atoms with E-state index >= 15 is 0 Å². The van der Waals surface area contributed by atoms with Crippen LogP contribution < -0.4 is 0 Å². The molecule has 0 unspecified atom stereocenters. The van der Waals surface area contributed by atoms with Crippen LogP contribution >= 0.6 is 0 Å². The lowest BCUT2D eigenvalue weighted by molar-refractivity contribution is 0.0648. The minimum absolute atomic E-state index is 0.108. The summed E-state index contributed by atoms with van der Waals surface area (Å²) in [4.78, 5) is 14.7. The summed E-state index contributed by atoms with van der Waals surface area (Å²) in [5.41, 5.74) is -0.623. The van der Waals surface area contributed by atoms with Gasteiger partial charge in [0.25, 0.3) is 0 Å². The predicted molar refractivity (Wildman–Crippen MR) is 74.8 cm³/mol. The fourth-order valence-corrected chi connectivity index (χ4v) is 2.81. The molecule has 0 amide bonds. The highest BCUT2D eigenvalue weighted by molar-refractivity contribution is 6.02. The van der Waals surface area contributed by atoms with Crippen molar-refractivity contribution in [1.82, 2.24) is 4.90 Å². The molecule has 0 aliphatic carbocycles. The minimum atomic E-state index is -0.732. The molecule has 1 heterocycles. The highest BCUT2D eigenvalue weighted by Crippen LogP contribution is 2.25. The van der Waals surface area contributed by atoms with Crippen LogP contribution in [0.3, 0.4) is 0 Å². The molecular formula is C16H21F2NO. The van der Waals surface area contributed by atoms with E-state index in [2.05, 4.69) is 4.90 Å². The van der Waals surface area contributed by atoms with Crippen LogP contribution in [0, 0.1) is 11.6 Å². The van der Waals surface area contributed by atoms with Crippen LogP contribution in [0.15, 0.2) is 18.2 Å². The van der Waals surface area contributed by atoms with E-state index in [0.29, 0.717) is 0 Å². The van der Waals surface area contributed by atoms with Gasteiger partial charge < -0.3 is 0 Å². The SMILES string of the molecule is CC(C)(C(=O)c1cc(F)cc(F)c1)N1CCCCCC1. The Balaban J connectivity index is 2.24. The molecule has 0 saturated carbocycles. The molecule has 1 aliphatic heterocycles. The zero-order chi connectivity index (χ0) is 14.8. The summed E-state index contributed by atoms with van der Waals surface area (Å²) in [6.07, 6.45) is 4.48. The number of benzene rings is 1. The third-order valence-corrected chi connectivity index (χ3v) is 4.08. The summed E-state index contributed by atoms with van der Waals surface area (Å²) >= 11 is 0. The molecule has 1 saturated heterocycles. The van der Waals surface area contributed by atoms with E-state index in [1.54, 1.807) is 0 Å². The molecule has 1 aromatic carbocycles.